The summed E-state index contributed by atoms with van der Waals surface area (Å²) in [6, 6.07) is 12.9. The second kappa shape index (κ2) is 8.85. The van der Waals surface area contributed by atoms with Crippen molar-refractivity contribution >= 4 is 56.7 Å². The summed E-state index contributed by atoms with van der Waals surface area (Å²) in [7, 11) is 0. The second-order valence-corrected chi connectivity index (χ2v) is 9.15. The highest BCUT2D eigenvalue weighted by atomic mass is 79.9. The summed E-state index contributed by atoms with van der Waals surface area (Å²) < 4.78 is 11.9. The number of hydrogen-bond donors (Lipinski definition) is 1. The number of hydrogen-bond acceptors (Lipinski definition) is 4. The van der Waals surface area contributed by atoms with Crippen molar-refractivity contribution in [3.8, 4) is 0 Å². The van der Waals surface area contributed by atoms with Crippen LogP contribution >= 0.6 is 39.1 Å². The van der Waals surface area contributed by atoms with Crippen LogP contribution in [0.4, 0.5) is 5.69 Å². The zero-order valence-corrected chi connectivity index (χ0v) is 19.3. The average molecular weight is 513 g/mol. The lowest BCUT2D eigenvalue weighted by Gasteiger charge is -2.22. The third kappa shape index (κ3) is 4.65. The first-order valence-electron chi connectivity index (χ1n) is 9.45. The van der Waals surface area contributed by atoms with Gasteiger partial charge in [0.25, 0.3) is 5.91 Å². The molecular formula is C21H20BrCl2N3O3. The minimum absolute atomic E-state index is 0.143. The molecule has 2 aromatic carbocycles. The summed E-state index contributed by atoms with van der Waals surface area (Å²) in [6.45, 7) is 3.21. The third-order valence-corrected chi connectivity index (χ3v) is 5.90. The van der Waals surface area contributed by atoms with E-state index in [0.29, 0.717) is 41.3 Å². The number of nitrogens with zero attached hydrogens (tertiary/aromatic N) is 2. The van der Waals surface area contributed by atoms with Crippen molar-refractivity contribution in [2.75, 3.05) is 24.7 Å². The largest absolute Gasteiger partial charge is 0.348 e. The lowest BCUT2D eigenvalue weighted by atomic mass is 9.93. The Labute approximate surface area is 193 Å². The second-order valence-electron chi connectivity index (χ2n) is 7.36. The Morgan fingerprint density at radius 3 is 2.43 bits per heavy atom. The third-order valence-electron chi connectivity index (χ3n) is 4.93. The molecular weight excluding hydrogens is 493 g/mol. The van der Waals surface area contributed by atoms with Crippen molar-refractivity contribution < 1.29 is 14.3 Å². The van der Waals surface area contributed by atoms with E-state index in [1.54, 1.807) is 18.2 Å². The molecule has 158 valence electrons. The van der Waals surface area contributed by atoms with Gasteiger partial charge in [0.05, 0.1) is 25.4 Å². The van der Waals surface area contributed by atoms with Crippen LogP contribution in [-0.4, -0.2) is 43.5 Å². The minimum atomic E-state index is -0.890. The molecule has 0 saturated carbocycles. The smallest absolute Gasteiger partial charge is 0.259 e. The molecule has 0 radical (unpaired) electrons. The molecule has 4 rings (SSSR count). The van der Waals surface area contributed by atoms with Gasteiger partial charge in [0.15, 0.2) is 6.29 Å². The molecule has 2 heterocycles. The molecule has 0 bridgehead atoms. The number of amides is 1. The normalized spacial score (nSPS) is 23.4. The zero-order valence-electron chi connectivity index (χ0n) is 16.2. The first-order valence-corrected chi connectivity index (χ1v) is 11.0. The molecule has 30 heavy (non-hydrogen) atoms. The summed E-state index contributed by atoms with van der Waals surface area (Å²) in [5.41, 5.74) is 0.685. The number of guanidine groups is 1. The molecule has 2 saturated heterocycles. The number of carbonyl (C=O) groups is 1. The number of nitrogens with one attached hydrogen (secondary N) is 1. The predicted octanol–water partition coefficient (Wildman–Crippen LogP) is 4.42. The maximum atomic E-state index is 13.6. The van der Waals surface area contributed by atoms with Gasteiger partial charge in [-0.15, -0.1) is 0 Å². The van der Waals surface area contributed by atoms with Gasteiger partial charge in [-0.1, -0.05) is 51.3 Å². The molecule has 2 fully saturated rings. The van der Waals surface area contributed by atoms with Crippen LogP contribution < -0.4 is 10.2 Å². The minimum Gasteiger partial charge on any atom is -0.348 e. The number of benzene rings is 2. The molecule has 0 aromatic heterocycles. The van der Waals surface area contributed by atoms with Crippen molar-refractivity contribution in [3.63, 3.8) is 0 Å². The van der Waals surface area contributed by atoms with Crippen molar-refractivity contribution in [1.29, 1.82) is 0 Å². The van der Waals surface area contributed by atoms with Crippen LogP contribution in [-0.2, 0) is 20.7 Å². The predicted molar refractivity (Wildman–Crippen MR) is 121 cm³/mol. The van der Waals surface area contributed by atoms with Gasteiger partial charge in [0, 0.05) is 20.9 Å². The van der Waals surface area contributed by atoms with Gasteiger partial charge in [-0.3, -0.25) is 4.79 Å². The number of halogens is 3. The number of aliphatic imine (C=N–C) groups is 1. The lowest BCUT2D eigenvalue weighted by molar-refractivity contribution is -0.121. The summed E-state index contributed by atoms with van der Waals surface area (Å²) in [6.07, 6.45) is 0.0665. The van der Waals surface area contributed by atoms with Crippen LogP contribution in [0.3, 0.4) is 0 Å². The number of ether oxygens (including phenoxy) is 2. The van der Waals surface area contributed by atoms with E-state index >= 15 is 0 Å². The van der Waals surface area contributed by atoms with Crippen LogP contribution in [0.15, 0.2) is 51.9 Å². The van der Waals surface area contributed by atoms with E-state index in [1.165, 1.54) is 4.90 Å². The molecule has 9 heteroatoms. The number of carbonyl (C=O) groups excluding carboxylic acids is 1. The monoisotopic (exact) mass is 511 g/mol. The highest BCUT2D eigenvalue weighted by Crippen LogP contribution is 2.32. The average Bonchev–Trinajstić information content (AvgIpc) is 3.28. The highest BCUT2D eigenvalue weighted by molar-refractivity contribution is 9.10. The van der Waals surface area contributed by atoms with Gasteiger partial charge in [-0.25, -0.2) is 9.89 Å². The van der Waals surface area contributed by atoms with Crippen LogP contribution in [0, 0.1) is 0 Å². The Balaban J connectivity index is 1.67. The SMILES string of the molecule is CC1(Cc2ccc(Br)cc2)NC(=NCC2OCCO2)N(c2cc(Cl)cc(Cl)c2)C1=O. The molecule has 2 aromatic rings. The van der Waals surface area contributed by atoms with Crippen LogP contribution in [0.2, 0.25) is 10.0 Å². The fourth-order valence-corrected chi connectivity index (χ4v) is 4.30. The van der Waals surface area contributed by atoms with Gasteiger partial charge in [-0.2, -0.15) is 0 Å². The van der Waals surface area contributed by atoms with Crippen molar-refractivity contribution in [1.82, 2.24) is 5.32 Å². The van der Waals surface area contributed by atoms with Gasteiger partial charge in [0.2, 0.25) is 5.96 Å². The molecule has 0 aliphatic carbocycles. The van der Waals surface area contributed by atoms with Gasteiger partial charge in [0.1, 0.15) is 5.54 Å². The van der Waals surface area contributed by atoms with Crippen LogP contribution in [0.5, 0.6) is 0 Å². The molecule has 1 amide bonds. The topological polar surface area (TPSA) is 63.2 Å². The zero-order chi connectivity index (χ0) is 21.3. The van der Waals surface area contributed by atoms with E-state index in [0.717, 1.165) is 10.0 Å². The summed E-state index contributed by atoms with van der Waals surface area (Å²) >= 11 is 15.8. The molecule has 2 aliphatic rings. The Morgan fingerprint density at radius 2 is 1.80 bits per heavy atom. The molecule has 1 N–H and O–H groups in total. The Hall–Kier alpha value is -1.64. The molecule has 1 atom stereocenters. The van der Waals surface area contributed by atoms with Gasteiger partial charge < -0.3 is 14.8 Å². The molecule has 2 aliphatic heterocycles. The number of rotatable bonds is 5. The quantitative estimate of drug-likeness (QED) is 0.644. The van der Waals surface area contributed by atoms with Crippen molar-refractivity contribution in [2.24, 2.45) is 4.99 Å². The van der Waals surface area contributed by atoms with E-state index in [9.17, 15) is 4.79 Å². The van der Waals surface area contributed by atoms with Gasteiger partial charge in [-0.05, 0) is 42.8 Å². The Kier molecular flexibility index (Phi) is 6.36. The lowest BCUT2D eigenvalue weighted by Crippen LogP contribution is -2.46. The van der Waals surface area contributed by atoms with E-state index in [4.69, 9.17) is 32.7 Å². The maximum absolute atomic E-state index is 13.6. The van der Waals surface area contributed by atoms with Crippen LogP contribution in [0.25, 0.3) is 0 Å². The van der Waals surface area contributed by atoms with E-state index in [1.807, 2.05) is 31.2 Å². The molecule has 6 nitrogen and oxygen atoms in total. The van der Waals surface area contributed by atoms with Crippen molar-refractivity contribution in [3.05, 3.63) is 62.5 Å². The standard InChI is InChI=1S/C21H20BrCl2N3O3/c1-21(11-13-2-4-14(22)5-3-13)19(28)27(17-9-15(23)8-16(24)10-17)20(26-21)25-12-18-29-6-7-30-18/h2-5,8-10,18H,6-7,11-12H2,1H3,(H,25,26). The summed E-state index contributed by atoms with van der Waals surface area (Å²) in [4.78, 5) is 19.7. The Morgan fingerprint density at radius 1 is 1.17 bits per heavy atom. The summed E-state index contributed by atoms with van der Waals surface area (Å²) in [5, 5.41) is 4.19. The first kappa shape index (κ1) is 21.6. The highest BCUT2D eigenvalue weighted by Gasteiger charge is 2.47. The Bertz CT molecular complexity index is 960. The first-order chi connectivity index (χ1) is 14.3. The number of anilines is 1. The van der Waals surface area contributed by atoms with Crippen molar-refractivity contribution in [2.45, 2.75) is 25.2 Å². The summed E-state index contributed by atoms with van der Waals surface area (Å²) in [5.74, 6) is 0.271. The molecule has 0 spiro atoms. The molecule has 1 unspecified atom stereocenters. The van der Waals surface area contributed by atoms with Crippen LogP contribution in [0.1, 0.15) is 12.5 Å². The fourth-order valence-electron chi connectivity index (χ4n) is 3.52. The van der Waals surface area contributed by atoms with Gasteiger partial charge >= 0.3 is 0 Å². The van der Waals surface area contributed by atoms with E-state index in [2.05, 4.69) is 26.2 Å². The fraction of sp³-hybridized carbons (Fsp3) is 0.333. The van der Waals surface area contributed by atoms with E-state index < -0.39 is 11.8 Å². The van der Waals surface area contributed by atoms with E-state index in [-0.39, 0.29) is 12.5 Å². The maximum Gasteiger partial charge on any atom is 0.259 e.